The second-order valence-electron chi connectivity index (χ2n) is 5.94. The lowest BCUT2D eigenvalue weighted by atomic mass is 9.85. The van der Waals surface area contributed by atoms with Crippen molar-refractivity contribution in [2.75, 3.05) is 12.3 Å². The van der Waals surface area contributed by atoms with Gasteiger partial charge in [-0.25, -0.2) is 0 Å². The summed E-state index contributed by atoms with van der Waals surface area (Å²) in [5.41, 5.74) is 7.14. The molecule has 4 nitrogen and oxygen atoms in total. The number of nitrogens with one attached hydrogen (secondary N) is 1. The number of hydrogen-bond acceptors (Lipinski definition) is 3. The highest BCUT2D eigenvalue weighted by Gasteiger charge is 2.24. The van der Waals surface area contributed by atoms with Crippen molar-refractivity contribution in [3.8, 4) is 0 Å². The van der Waals surface area contributed by atoms with Crippen molar-refractivity contribution in [1.82, 2.24) is 5.32 Å². The Balaban J connectivity index is 2.66. The van der Waals surface area contributed by atoms with Gasteiger partial charge < -0.3 is 16.2 Å². The number of rotatable bonds is 5. The van der Waals surface area contributed by atoms with Crippen LogP contribution in [0.25, 0.3) is 6.08 Å². The average molecular weight is 276 g/mol. The second kappa shape index (κ2) is 7.10. The van der Waals surface area contributed by atoms with E-state index < -0.39 is 0 Å². The Kier molecular flexibility index (Phi) is 5.77. The molecule has 1 rings (SSSR count). The zero-order chi connectivity index (χ0) is 15.2. The first kappa shape index (κ1) is 16.2. The molecule has 0 heterocycles. The standard InChI is InChI=1S/C16H24N2O2/c1-16(2,3)14(9-10-19)18-15(20)8-7-12-5-4-6-13(17)11-12/h4-8,11,14,19H,9-10,17H2,1-3H3,(H,18,20)/b8-7+. The van der Waals surface area contributed by atoms with Crippen molar-refractivity contribution in [2.24, 2.45) is 5.41 Å². The van der Waals surface area contributed by atoms with Crippen LogP contribution in [0, 0.1) is 5.41 Å². The SMILES string of the molecule is CC(C)(C)C(CCO)NC(=O)/C=C/c1cccc(N)c1. The van der Waals surface area contributed by atoms with Crippen LogP contribution in [0.3, 0.4) is 0 Å². The zero-order valence-electron chi connectivity index (χ0n) is 12.4. The highest BCUT2D eigenvalue weighted by Crippen LogP contribution is 2.21. The number of amides is 1. The van der Waals surface area contributed by atoms with Gasteiger partial charge in [-0.15, -0.1) is 0 Å². The number of aliphatic hydroxyl groups is 1. The maximum absolute atomic E-state index is 11.9. The normalized spacial score (nSPS) is 13.4. The van der Waals surface area contributed by atoms with Crippen LogP contribution in [0.2, 0.25) is 0 Å². The first-order valence-electron chi connectivity index (χ1n) is 6.78. The fraction of sp³-hybridized carbons (Fsp3) is 0.438. The van der Waals surface area contributed by atoms with Gasteiger partial charge in [0.1, 0.15) is 0 Å². The maximum Gasteiger partial charge on any atom is 0.244 e. The highest BCUT2D eigenvalue weighted by atomic mass is 16.3. The Morgan fingerprint density at radius 2 is 2.15 bits per heavy atom. The van der Waals surface area contributed by atoms with E-state index in [1.165, 1.54) is 6.08 Å². The Labute approximate surface area is 120 Å². The molecule has 0 aliphatic rings. The topological polar surface area (TPSA) is 75.3 Å². The van der Waals surface area contributed by atoms with Gasteiger partial charge in [-0.05, 0) is 35.6 Å². The second-order valence-corrected chi connectivity index (χ2v) is 5.94. The molecule has 0 bridgehead atoms. The maximum atomic E-state index is 11.9. The van der Waals surface area contributed by atoms with E-state index in [0.717, 1.165) is 5.56 Å². The van der Waals surface area contributed by atoms with Crippen LogP contribution < -0.4 is 11.1 Å². The molecule has 1 unspecified atom stereocenters. The van der Waals surface area contributed by atoms with E-state index >= 15 is 0 Å². The van der Waals surface area contributed by atoms with Gasteiger partial charge in [-0.1, -0.05) is 32.9 Å². The third-order valence-corrected chi connectivity index (χ3v) is 3.12. The monoisotopic (exact) mass is 276 g/mol. The van der Waals surface area contributed by atoms with Gasteiger partial charge in [0, 0.05) is 24.4 Å². The van der Waals surface area contributed by atoms with Crippen molar-refractivity contribution in [2.45, 2.75) is 33.2 Å². The van der Waals surface area contributed by atoms with Crippen LogP contribution >= 0.6 is 0 Å². The summed E-state index contributed by atoms with van der Waals surface area (Å²) in [6.45, 7) is 6.17. The van der Waals surface area contributed by atoms with Gasteiger partial charge in [0.05, 0.1) is 0 Å². The summed E-state index contributed by atoms with van der Waals surface area (Å²) in [6.07, 6.45) is 3.76. The summed E-state index contributed by atoms with van der Waals surface area (Å²) in [5, 5.41) is 12.0. The summed E-state index contributed by atoms with van der Waals surface area (Å²) in [7, 11) is 0. The minimum atomic E-state index is -0.166. The lowest BCUT2D eigenvalue weighted by molar-refractivity contribution is -0.118. The fourth-order valence-corrected chi connectivity index (χ4v) is 1.91. The molecule has 4 heteroatoms. The van der Waals surface area contributed by atoms with Crippen LogP contribution in [0.15, 0.2) is 30.3 Å². The summed E-state index contributed by atoms with van der Waals surface area (Å²) < 4.78 is 0. The molecule has 1 aromatic carbocycles. The minimum absolute atomic E-state index is 0.0567. The van der Waals surface area contributed by atoms with Gasteiger partial charge in [-0.3, -0.25) is 4.79 Å². The lowest BCUT2D eigenvalue weighted by Gasteiger charge is -2.30. The number of benzene rings is 1. The first-order chi connectivity index (χ1) is 9.32. The van der Waals surface area contributed by atoms with Crippen molar-refractivity contribution in [3.63, 3.8) is 0 Å². The molecule has 0 spiro atoms. The van der Waals surface area contributed by atoms with Gasteiger partial charge in [0.25, 0.3) is 0 Å². The number of hydrogen-bond donors (Lipinski definition) is 3. The van der Waals surface area contributed by atoms with E-state index in [9.17, 15) is 4.79 Å². The third kappa shape index (κ3) is 5.45. The van der Waals surface area contributed by atoms with Crippen LogP contribution in [0.4, 0.5) is 5.69 Å². The molecule has 1 aromatic rings. The van der Waals surface area contributed by atoms with E-state index in [1.54, 1.807) is 18.2 Å². The van der Waals surface area contributed by atoms with Crippen molar-refractivity contribution in [3.05, 3.63) is 35.9 Å². The number of carbonyl (C=O) groups excluding carboxylic acids is 1. The lowest BCUT2D eigenvalue weighted by Crippen LogP contribution is -2.43. The Bertz CT molecular complexity index is 476. The molecule has 110 valence electrons. The zero-order valence-corrected chi connectivity index (χ0v) is 12.4. The summed E-state index contributed by atoms with van der Waals surface area (Å²) in [4.78, 5) is 11.9. The molecule has 0 aromatic heterocycles. The predicted octanol–water partition coefficient (Wildman–Crippen LogP) is 2.20. The number of nitrogen functional groups attached to an aromatic ring is 1. The molecular formula is C16H24N2O2. The molecular weight excluding hydrogens is 252 g/mol. The van der Waals surface area contributed by atoms with E-state index in [4.69, 9.17) is 10.8 Å². The molecule has 0 aliphatic carbocycles. The van der Waals surface area contributed by atoms with Gasteiger partial charge in [0.15, 0.2) is 0 Å². The molecule has 1 amide bonds. The van der Waals surface area contributed by atoms with E-state index in [2.05, 4.69) is 5.32 Å². The molecule has 0 saturated carbocycles. The van der Waals surface area contributed by atoms with Crippen molar-refractivity contribution < 1.29 is 9.90 Å². The molecule has 20 heavy (non-hydrogen) atoms. The Hall–Kier alpha value is -1.81. The van der Waals surface area contributed by atoms with Crippen molar-refractivity contribution in [1.29, 1.82) is 0 Å². The summed E-state index contributed by atoms with van der Waals surface area (Å²) >= 11 is 0. The first-order valence-corrected chi connectivity index (χ1v) is 6.78. The Morgan fingerprint density at radius 1 is 1.45 bits per heavy atom. The molecule has 1 atom stereocenters. The van der Waals surface area contributed by atoms with E-state index in [0.29, 0.717) is 12.1 Å². The number of nitrogens with two attached hydrogens (primary N) is 1. The van der Waals surface area contributed by atoms with Crippen molar-refractivity contribution >= 4 is 17.7 Å². The molecule has 4 N–H and O–H groups in total. The molecule has 0 fully saturated rings. The van der Waals surface area contributed by atoms with Crippen LogP contribution in [-0.4, -0.2) is 23.7 Å². The van der Waals surface area contributed by atoms with E-state index in [-0.39, 0.29) is 24.0 Å². The minimum Gasteiger partial charge on any atom is -0.399 e. The molecule has 0 radical (unpaired) electrons. The largest absolute Gasteiger partial charge is 0.399 e. The smallest absolute Gasteiger partial charge is 0.244 e. The number of carbonyl (C=O) groups is 1. The number of aliphatic hydroxyl groups excluding tert-OH is 1. The van der Waals surface area contributed by atoms with Gasteiger partial charge in [-0.2, -0.15) is 0 Å². The fourth-order valence-electron chi connectivity index (χ4n) is 1.91. The highest BCUT2D eigenvalue weighted by molar-refractivity contribution is 5.92. The van der Waals surface area contributed by atoms with Crippen LogP contribution in [0.1, 0.15) is 32.8 Å². The van der Waals surface area contributed by atoms with E-state index in [1.807, 2.05) is 32.9 Å². The van der Waals surface area contributed by atoms with Gasteiger partial charge in [0.2, 0.25) is 5.91 Å². The number of anilines is 1. The summed E-state index contributed by atoms with van der Waals surface area (Å²) in [6, 6.07) is 7.27. The third-order valence-electron chi connectivity index (χ3n) is 3.12. The van der Waals surface area contributed by atoms with Crippen LogP contribution in [-0.2, 0) is 4.79 Å². The Morgan fingerprint density at radius 3 is 2.70 bits per heavy atom. The van der Waals surface area contributed by atoms with Crippen LogP contribution in [0.5, 0.6) is 0 Å². The average Bonchev–Trinajstić information content (AvgIpc) is 2.35. The van der Waals surface area contributed by atoms with Gasteiger partial charge >= 0.3 is 0 Å². The quantitative estimate of drug-likeness (QED) is 0.570. The molecule has 0 saturated heterocycles. The molecule has 0 aliphatic heterocycles. The summed E-state index contributed by atoms with van der Waals surface area (Å²) in [5.74, 6) is -0.166. The predicted molar refractivity (Wildman–Crippen MR) is 83.0 cm³/mol.